The van der Waals surface area contributed by atoms with E-state index in [4.69, 9.17) is 4.74 Å². The zero-order chi connectivity index (χ0) is 19.5. The van der Waals surface area contributed by atoms with Crippen molar-refractivity contribution in [1.82, 2.24) is 19.5 Å². The minimum Gasteiger partial charge on any atom is -0.476 e. The van der Waals surface area contributed by atoms with E-state index in [0.29, 0.717) is 24.8 Å². The number of ether oxygens (including phenoxy) is 1. The third-order valence-electron chi connectivity index (χ3n) is 5.45. The van der Waals surface area contributed by atoms with Crippen molar-refractivity contribution in [1.29, 1.82) is 0 Å². The Bertz CT molecular complexity index is 974. The van der Waals surface area contributed by atoms with Crippen molar-refractivity contribution in [3.63, 3.8) is 0 Å². The standard InChI is InChI=1S/C22H26N4O2/c1-16-5-3-4-6-19(16)13-22(27)25-11-9-18(10-12-25)15-28-21-8-7-20-23-17(2)14-26(20)24-21/h3-8,14,18H,9-13,15H2,1-2H3. The Labute approximate surface area is 165 Å². The van der Waals surface area contributed by atoms with Gasteiger partial charge in [0.1, 0.15) is 0 Å². The first-order valence-corrected chi connectivity index (χ1v) is 9.86. The Kier molecular flexibility index (Phi) is 5.28. The lowest BCUT2D eigenvalue weighted by Gasteiger charge is -2.32. The third-order valence-corrected chi connectivity index (χ3v) is 5.45. The van der Waals surface area contributed by atoms with Crippen LogP contribution in [0.2, 0.25) is 0 Å². The van der Waals surface area contributed by atoms with Gasteiger partial charge in [-0.3, -0.25) is 4.79 Å². The molecule has 4 rings (SSSR count). The van der Waals surface area contributed by atoms with Gasteiger partial charge in [0.25, 0.3) is 0 Å². The topological polar surface area (TPSA) is 59.7 Å². The second-order valence-corrected chi connectivity index (χ2v) is 7.60. The number of rotatable bonds is 5. The predicted molar refractivity (Wildman–Crippen MR) is 107 cm³/mol. The first kappa shape index (κ1) is 18.5. The number of benzene rings is 1. The molecule has 28 heavy (non-hydrogen) atoms. The van der Waals surface area contributed by atoms with Crippen LogP contribution in [-0.2, 0) is 11.2 Å². The molecule has 3 heterocycles. The monoisotopic (exact) mass is 378 g/mol. The molecule has 0 unspecified atom stereocenters. The number of hydrogen-bond acceptors (Lipinski definition) is 4. The summed E-state index contributed by atoms with van der Waals surface area (Å²) in [6.07, 6.45) is 4.31. The van der Waals surface area contributed by atoms with Gasteiger partial charge < -0.3 is 9.64 Å². The predicted octanol–water partition coefficient (Wildman–Crippen LogP) is 3.21. The molecule has 6 heteroatoms. The lowest BCUT2D eigenvalue weighted by atomic mass is 9.97. The summed E-state index contributed by atoms with van der Waals surface area (Å²) >= 11 is 0. The minimum atomic E-state index is 0.219. The molecule has 6 nitrogen and oxygen atoms in total. The molecule has 146 valence electrons. The molecule has 1 amide bonds. The lowest BCUT2D eigenvalue weighted by Crippen LogP contribution is -2.40. The van der Waals surface area contributed by atoms with E-state index in [-0.39, 0.29) is 5.91 Å². The van der Waals surface area contributed by atoms with Crippen molar-refractivity contribution >= 4 is 11.6 Å². The van der Waals surface area contributed by atoms with Crippen LogP contribution in [0.3, 0.4) is 0 Å². The average molecular weight is 378 g/mol. The highest BCUT2D eigenvalue weighted by Crippen LogP contribution is 2.20. The van der Waals surface area contributed by atoms with Crippen LogP contribution < -0.4 is 4.74 Å². The van der Waals surface area contributed by atoms with E-state index in [1.807, 2.05) is 48.4 Å². The van der Waals surface area contributed by atoms with E-state index in [2.05, 4.69) is 23.1 Å². The molecule has 0 radical (unpaired) electrons. The molecular formula is C22H26N4O2. The summed E-state index contributed by atoms with van der Waals surface area (Å²) in [5.74, 6) is 1.28. The summed E-state index contributed by atoms with van der Waals surface area (Å²) in [5, 5.41) is 4.45. The van der Waals surface area contributed by atoms with Crippen LogP contribution in [0.1, 0.15) is 29.7 Å². The van der Waals surface area contributed by atoms with E-state index in [0.717, 1.165) is 42.8 Å². The number of fused-ring (bicyclic) bond motifs is 1. The zero-order valence-corrected chi connectivity index (χ0v) is 16.5. The first-order chi connectivity index (χ1) is 13.6. The minimum absolute atomic E-state index is 0.219. The van der Waals surface area contributed by atoms with Crippen molar-refractivity contribution in [3.8, 4) is 5.88 Å². The van der Waals surface area contributed by atoms with Crippen molar-refractivity contribution in [2.75, 3.05) is 19.7 Å². The molecular weight excluding hydrogens is 352 g/mol. The number of amides is 1. The number of aryl methyl sites for hydroxylation is 2. The average Bonchev–Trinajstić information content (AvgIpc) is 3.07. The largest absolute Gasteiger partial charge is 0.476 e. The van der Waals surface area contributed by atoms with E-state index in [1.54, 1.807) is 4.52 Å². The number of likely N-dealkylation sites (tertiary alicyclic amines) is 1. The molecule has 0 atom stereocenters. The molecule has 1 fully saturated rings. The maximum absolute atomic E-state index is 12.6. The van der Waals surface area contributed by atoms with Crippen LogP contribution >= 0.6 is 0 Å². The van der Waals surface area contributed by atoms with Crippen LogP contribution in [0.15, 0.2) is 42.6 Å². The second kappa shape index (κ2) is 8.00. The molecule has 0 spiro atoms. The Morgan fingerprint density at radius 1 is 1.14 bits per heavy atom. The summed E-state index contributed by atoms with van der Waals surface area (Å²) < 4.78 is 7.65. The maximum atomic E-state index is 12.6. The summed E-state index contributed by atoms with van der Waals surface area (Å²) in [5.41, 5.74) is 4.06. The Morgan fingerprint density at radius 3 is 2.71 bits per heavy atom. The van der Waals surface area contributed by atoms with Gasteiger partial charge in [0.2, 0.25) is 11.8 Å². The highest BCUT2D eigenvalue weighted by Gasteiger charge is 2.23. The van der Waals surface area contributed by atoms with Gasteiger partial charge in [0, 0.05) is 19.2 Å². The van der Waals surface area contributed by atoms with Crippen molar-refractivity contribution < 1.29 is 9.53 Å². The number of hydrogen-bond donors (Lipinski definition) is 0. The van der Waals surface area contributed by atoms with Crippen molar-refractivity contribution in [2.24, 2.45) is 5.92 Å². The molecule has 1 aromatic carbocycles. The molecule has 0 aliphatic carbocycles. The molecule has 3 aromatic rings. The van der Waals surface area contributed by atoms with Crippen LogP contribution in [0, 0.1) is 19.8 Å². The highest BCUT2D eigenvalue weighted by atomic mass is 16.5. The summed E-state index contributed by atoms with van der Waals surface area (Å²) in [6, 6.07) is 11.9. The van der Waals surface area contributed by atoms with Gasteiger partial charge in [-0.05, 0) is 49.8 Å². The summed E-state index contributed by atoms with van der Waals surface area (Å²) in [7, 11) is 0. The lowest BCUT2D eigenvalue weighted by molar-refractivity contribution is -0.132. The SMILES string of the molecule is Cc1cn2nc(OCC3CCN(C(=O)Cc4ccccc4C)CC3)ccc2n1. The van der Waals surface area contributed by atoms with E-state index in [1.165, 1.54) is 5.56 Å². The van der Waals surface area contributed by atoms with Gasteiger partial charge in [-0.15, -0.1) is 5.10 Å². The quantitative estimate of drug-likeness (QED) is 0.684. The van der Waals surface area contributed by atoms with Crippen molar-refractivity contribution in [2.45, 2.75) is 33.1 Å². The molecule has 0 bridgehead atoms. The number of carbonyl (C=O) groups excluding carboxylic acids is 1. The normalized spacial score (nSPS) is 15.1. The fraction of sp³-hybridized carbons (Fsp3) is 0.409. The number of piperidine rings is 1. The molecule has 0 saturated carbocycles. The van der Waals surface area contributed by atoms with Crippen LogP contribution in [-0.4, -0.2) is 45.1 Å². The highest BCUT2D eigenvalue weighted by molar-refractivity contribution is 5.79. The fourth-order valence-corrected chi connectivity index (χ4v) is 3.70. The summed E-state index contributed by atoms with van der Waals surface area (Å²) in [6.45, 7) is 6.23. The molecule has 1 saturated heterocycles. The Balaban J connectivity index is 1.26. The maximum Gasteiger partial charge on any atom is 0.231 e. The Morgan fingerprint density at radius 2 is 1.93 bits per heavy atom. The molecule has 1 aliphatic rings. The van der Waals surface area contributed by atoms with E-state index < -0.39 is 0 Å². The van der Waals surface area contributed by atoms with Gasteiger partial charge in [0.15, 0.2) is 5.65 Å². The number of carbonyl (C=O) groups is 1. The number of imidazole rings is 1. The number of aromatic nitrogens is 3. The zero-order valence-electron chi connectivity index (χ0n) is 16.5. The van der Waals surface area contributed by atoms with Gasteiger partial charge in [0.05, 0.1) is 24.9 Å². The molecule has 2 aromatic heterocycles. The second-order valence-electron chi connectivity index (χ2n) is 7.60. The third kappa shape index (κ3) is 4.16. The van der Waals surface area contributed by atoms with Gasteiger partial charge >= 0.3 is 0 Å². The molecule has 0 N–H and O–H groups in total. The first-order valence-electron chi connectivity index (χ1n) is 9.86. The smallest absolute Gasteiger partial charge is 0.231 e. The number of nitrogens with zero attached hydrogens (tertiary/aromatic N) is 4. The van der Waals surface area contributed by atoms with E-state index in [9.17, 15) is 4.79 Å². The summed E-state index contributed by atoms with van der Waals surface area (Å²) in [4.78, 5) is 19.0. The van der Waals surface area contributed by atoms with Crippen LogP contribution in [0.5, 0.6) is 5.88 Å². The van der Waals surface area contributed by atoms with Crippen LogP contribution in [0.25, 0.3) is 5.65 Å². The van der Waals surface area contributed by atoms with Gasteiger partial charge in [-0.1, -0.05) is 24.3 Å². The van der Waals surface area contributed by atoms with Crippen LogP contribution in [0.4, 0.5) is 0 Å². The van der Waals surface area contributed by atoms with Crippen molar-refractivity contribution in [3.05, 3.63) is 59.4 Å². The fourth-order valence-electron chi connectivity index (χ4n) is 3.70. The van der Waals surface area contributed by atoms with Gasteiger partial charge in [-0.2, -0.15) is 0 Å². The van der Waals surface area contributed by atoms with Gasteiger partial charge in [-0.25, -0.2) is 9.50 Å². The Hall–Kier alpha value is -2.89. The molecule has 1 aliphatic heterocycles. The van der Waals surface area contributed by atoms with E-state index >= 15 is 0 Å².